The lowest BCUT2D eigenvalue weighted by Gasteiger charge is -2.36. The van der Waals surface area contributed by atoms with Crippen LogP contribution in [0.15, 0.2) is 53.7 Å². The smallest absolute Gasteiger partial charge is 0.239 e. The molecule has 33 heavy (non-hydrogen) atoms. The maximum atomic E-state index is 13.1. The zero-order chi connectivity index (χ0) is 23.2. The highest BCUT2D eigenvalue weighted by Gasteiger charge is 2.39. The van der Waals surface area contributed by atoms with Crippen LogP contribution in [0.1, 0.15) is 39.2 Å². The van der Waals surface area contributed by atoms with E-state index in [2.05, 4.69) is 24.5 Å². The summed E-state index contributed by atoms with van der Waals surface area (Å²) < 4.78 is 10.8. The van der Waals surface area contributed by atoms with Gasteiger partial charge in [-0.15, -0.1) is 0 Å². The van der Waals surface area contributed by atoms with E-state index in [9.17, 15) is 9.59 Å². The van der Waals surface area contributed by atoms with Crippen molar-refractivity contribution in [2.45, 2.75) is 46.2 Å². The Kier molecular flexibility index (Phi) is 5.27. The number of allylic oxidation sites excluding steroid dienone is 1. The minimum Gasteiger partial charge on any atom is -0.454 e. The summed E-state index contributed by atoms with van der Waals surface area (Å²) in [6.45, 7) is 7.02. The molecule has 2 aromatic carbocycles. The Morgan fingerprint density at radius 3 is 2.79 bits per heavy atom. The number of anilines is 2. The fraction of sp³-hybridized carbons (Fsp3) is 0.385. The van der Waals surface area contributed by atoms with E-state index in [1.807, 2.05) is 54.3 Å². The molecule has 0 aromatic heterocycles. The maximum Gasteiger partial charge on any atom is 0.239 e. The number of hydrogen-bond donors (Lipinski definition) is 2. The van der Waals surface area contributed by atoms with Crippen molar-refractivity contribution in [1.29, 1.82) is 0 Å². The first kappa shape index (κ1) is 21.4. The molecule has 0 fully saturated rings. The quantitative estimate of drug-likeness (QED) is 0.738. The molecule has 0 radical (unpaired) electrons. The van der Waals surface area contributed by atoms with E-state index in [1.165, 1.54) is 0 Å². The van der Waals surface area contributed by atoms with Gasteiger partial charge in [-0.2, -0.15) is 0 Å². The number of hydrogen-bond acceptors (Lipinski definition) is 6. The van der Waals surface area contributed by atoms with Gasteiger partial charge in [0.25, 0.3) is 0 Å². The summed E-state index contributed by atoms with van der Waals surface area (Å²) >= 11 is 0. The molecule has 7 heteroatoms. The molecule has 2 aliphatic heterocycles. The van der Waals surface area contributed by atoms with Crippen LogP contribution in [0.2, 0.25) is 0 Å². The Labute approximate surface area is 193 Å². The Bertz CT molecular complexity index is 1150. The first-order valence-electron chi connectivity index (χ1n) is 11.3. The molecule has 172 valence electrons. The molecule has 2 heterocycles. The van der Waals surface area contributed by atoms with Crippen LogP contribution in [0.4, 0.5) is 11.4 Å². The number of nitrogens with one attached hydrogen (secondary N) is 2. The molecule has 7 nitrogen and oxygen atoms in total. The second-order valence-corrected chi connectivity index (χ2v) is 9.74. The van der Waals surface area contributed by atoms with Crippen molar-refractivity contribution in [2.24, 2.45) is 5.41 Å². The minimum atomic E-state index is -0.212. The molecule has 2 aromatic rings. The lowest BCUT2D eigenvalue weighted by molar-refractivity contribution is -0.120. The first-order chi connectivity index (χ1) is 15.8. The Balaban J connectivity index is 1.37. The van der Waals surface area contributed by atoms with Crippen LogP contribution < -0.4 is 25.0 Å². The van der Waals surface area contributed by atoms with Crippen LogP contribution in [0.25, 0.3) is 0 Å². The van der Waals surface area contributed by atoms with Crippen LogP contribution in [0.3, 0.4) is 0 Å². The van der Waals surface area contributed by atoms with Gasteiger partial charge in [0.1, 0.15) is 0 Å². The standard InChI is InChI=1S/C26H29N3O4/c1-16-25-19(11-26(2,3)12-21(25)30)28-18-6-4-5-7-20(18)29(16)14-24(31)27-13-17-8-9-22-23(10-17)33-15-32-22/h4-10,16,28H,11-15H2,1-3H3,(H,27,31). The molecule has 3 aliphatic rings. The highest BCUT2D eigenvalue weighted by molar-refractivity contribution is 6.01. The number of para-hydroxylation sites is 2. The highest BCUT2D eigenvalue weighted by atomic mass is 16.7. The predicted molar refractivity (Wildman–Crippen MR) is 126 cm³/mol. The number of fused-ring (bicyclic) bond motifs is 2. The number of Topliss-reactive ketones (excluding diaryl/α,β-unsaturated/α-hetero) is 1. The molecule has 0 spiro atoms. The molecule has 0 saturated carbocycles. The molecule has 1 unspecified atom stereocenters. The van der Waals surface area contributed by atoms with Crippen LogP contribution in [0, 0.1) is 5.41 Å². The monoisotopic (exact) mass is 447 g/mol. The molecule has 1 amide bonds. The second-order valence-electron chi connectivity index (χ2n) is 9.74. The van der Waals surface area contributed by atoms with Crippen LogP contribution in [-0.2, 0) is 16.1 Å². The summed E-state index contributed by atoms with van der Waals surface area (Å²) in [6, 6.07) is 13.4. The number of benzene rings is 2. The Morgan fingerprint density at radius 2 is 1.94 bits per heavy atom. The van der Waals surface area contributed by atoms with Gasteiger partial charge in [0, 0.05) is 24.2 Å². The molecule has 2 N–H and O–H groups in total. The summed E-state index contributed by atoms with van der Waals surface area (Å²) in [4.78, 5) is 28.2. The topological polar surface area (TPSA) is 79.9 Å². The lowest BCUT2D eigenvalue weighted by atomic mass is 9.74. The predicted octanol–water partition coefficient (Wildman–Crippen LogP) is 4.00. The van der Waals surface area contributed by atoms with Crippen molar-refractivity contribution in [2.75, 3.05) is 23.6 Å². The molecular formula is C26H29N3O4. The maximum absolute atomic E-state index is 13.1. The Morgan fingerprint density at radius 1 is 1.15 bits per heavy atom. The highest BCUT2D eigenvalue weighted by Crippen LogP contribution is 2.43. The summed E-state index contributed by atoms with van der Waals surface area (Å²) in [5.41, 5.74) is 4.45. The van der Waals surface area contributed by atoms with Crippen molar-refractivity contribution < 1.29 is 19.1 Å². The van der Waals surface area contributed by atoms with Crippen LogP contribution in [0.5, 0.6) is 11.5 Å². The van der Waals surface area contributed by atoms with Gasteiger partial charge >= 0.3 is 0 Å². The molecule has 5 rings (SSSR count). The van der Waals surface area contributed by atoms with Crippen molar-refractivity contribution in [3.05, 3.63) is 59.3 Å². The van der Waals surface area contributed by atoms with Crippen LogP contribution >= 0.6 is 0 Å². The molecule has 1 atom stereocenters. The lowest BCUT2D eigenvalue weighted by Crippen LogP contribution is -2.44. The third-order valence-electron chi connectivity index (χ3n) is 6.54. The van der Waals surface area contributed by atoms with Gasteiger partial charge in [-0.3, -0.25) is 9.59 Å². The number of ketones is 1. The summed E-state index contributed by atoms with van der Waals surface area (Å²) in [5.74, 6) is 1.46. The molecule has 0 bridgehead atoms. The van der Waals surface area contributed by atoms with E-state index >= 15 is 0 Å². The van der Waals surface area contributed by atoms with Gasteiger partial charge < -0.3 is 25.0 Å². The first-order valence-corrected chi connectivity index (χ1v) is 11.3. The van der Waals surface area contributed by atoms with Crippen molar-refractivity contribution >= 4 is 23.1 Å². The number of carbonyl (C=O) groups excluding carboxylic acids is 2. The SMILES string of the molecule is CC1C2=C(CC(C)(C)CC2=O)Nc2ccccc2N1CC(=O)NCc1ccc2c(c1)OCO2. The molecular weight excluding hydrogens is 418 g/mol. The van der Waals surface area contributed by atoms with E-state index in [1.54, 1.807) is 0 Å². The van der Waals surface area contributed by atoms with Gasteiger partial charge in [0.05, 0.1) is 24.0 Å². The van der Waals surface area contributed by atoms with Crippen molar-refractivity contribution in [1.82, 2.24) is 5.32 Å². The third kappa shape index (κ3) is 4.15. The summed E-state index contributed by atoms with van der Waals surface area (Å²) in [7, 11) is 0. The third-order valence-corrected chi connectivity index (χ3v) is 6.54. The van der Waals surface area contributed by atoms with E-state index in [-0.39, 0.29) is 36.5 Å². The van der Waals surface area contributed by atoms with Gasteiger partial charge in [0.2, 0.25) is 12.7 Å². The minimum absolute atomic E-state index is 0.0886. The molecule has 1 aliphatic carbocycles. The van der Waals surface area contributed by atoms with Crippen molar-refractivity contribution in [3.63, 3.8) is 0 Å². The van der Waals surface area contributed by atoms with Crippen molar-refractivity contribution in [3.8, 4) is 11.5 Å². The van der Waals surface area contributed by atoms with E-state index in [4.69, 9.17) is 9.47 Å². The second kappa shape index (κ2) is 8.14. The van der Waals surface area contributed by atoms with Gasteiger partial charge in [-0.25, -0.2) is 0 Å². The van der Waals surface area contributed by atoms with Gasteiger partial charge in [-0.05, 0) is 48.6 Å². The van der Waals surface area contributed by atoms with Gasteiger partial charge in [-0.1, -0.05) is 32.0 Å². The summed E-state index contributed by atoms with van der Waals surface area (Å²) in [6.07, 6.45) is 1.31. The van der Waals surface area contributed by atoms with E-state index < -0.39 is 0 Å². The number of amides is 1. The molecule has 0 saturated heterocycles. The number of ether oxygens (including phenoxy) is 2. The normalized spacial score (nSPS) is 20.5. The average Bonchev–Trinajstić information content (AvgIpc) is 3.19. The van der Waals surface area contributed by atoms with Gasteiger partial charge in [0.15, 0.2) is 17.3 Å². The number of carbonyl (C=O) groups is 2. The Hall–Kier alpha value is -3.48. The zero-order valence-electron chi connectivity index (χ0n) is 19.2. The van der Waals surface area contributed by atoms with Crippen LogP contribution in [-0.4, -0.2) is 31.1 Å². The summed E-state index contributed by atoms with van der Waals surface area (Å²) in [5, 5.41) is 6.53. The average molecular weight is 448 g/mol. The fourth-order valence-corrected chi connectivity index (χ4v) is 4.97. The fourth-order valence-electron chi connectivity index (χ4n) is 4.97. The van der Waals surface area contributed by atoms with E-state index in [0.717, 1.165) is 40.4 Å². The van der Waals surface area contributed by atoms with E-state index in [0.29, 0.717) is 18.7 Å². The number of rotatable bonds is 4. The largest absolute Gasteiger partial charge is 0.454 e. The number of nitrogens with zero attached hydrogens (tertiary/aromatic N) is 1. The zero-order valence-corrected chi connectivity index (χ0v) is 19.2.